The first kappa shape index (κ1) is 17.8. The Balaban J connectivity index is 2.02. The van der Waals surface area contributed by atoms with Crippen LogP contribution in [0.15, 0.2) is 16.7 Å². The van der Waals surface area contributed by atoms with Gasteiger partial charge in [0.1, 0.15) is 0 Å². The average molecular weight is 295 g/mol. The van der Waals surface area contributed by atoms with Crippen LogP contribution < -0.4 is 5.32 Å². The standard InChI is InChI=1S/C17H29NO3/c1-3-4-5-6-7-8-9-10-12-18-14-15-11-13-21-16(15)17(19)20-2/h11,13,18H,3-10,12,14H2,1-2H3. The fourth-order valence-corrected chi connectivity index (χ4v) is 2.35. The summed E-state index contributed by atoms with van der Waals surface area (Å²) in [6.07, 6.45) is 12.1. The van der Waals surface area contributed by atoms with Gasteiger partial charge in [0.25, 0.3) is 0 Å². The van der Waals surface area contributed by atoms with Gasteiger partial charge >= 0.3 is 5.97 Å². The van der Waals surface area contributed by atoms with E-state index in [-0.39, 0.29) is 0 Å². The lowest BCUT2D eigenvalue weighted by Crippen LogP contribution is -2.16. The zero-order valence-electron chi connectivity index (χ0n) is 13.5. The van der Waals surface area contributed by atoms with E-state index in [1.54, 1.807) is 0 Å². The Morgan fingerprint density at radius 1 is 1.14 bits per heavy atom. The van der Waals surface area contributed by atoms with Crippen molar-refractivity contribution in [3.63, 3.8) is 0 Å². The third-order valence-electron chi connectivity index (χ3n) is 3.64. The van der Waals surface area contributed by atoms with E-state index < -0.39 is 5.97 Å². The van der Waals surface area contributed by atoms with Crippen molar-refractivity contribution in [1.82, 2.24) is 5.32 Å². The van der Waals surface area contributed by atoms with Crippen LogP contribution in [0.5, 0.6) is 0 Å². The van der Waals surface area contributed by atoms with Crippen LogP contribution in [-0.4, -0.2) is 19.6 Å². The maximum atomic E-state index is 11.4. The number of unbranched alkanes of at least 4 members (excludes halogenated alkanes) is 7. The van der Waals surface area contributed by atoms with Crippen molar-refractivity contribution < 1.29 is 13.9 Å². The number of esters is 1. The predicted molar refractivity (Wildman–Crippen MR) is 84.4 cm³/mol. The largest absolute Gasteiger partial charge is 0.463 e. The summed E-state index contributed by atoms with van der Waals surface area (Å²) < 4.78 is 9.82. The minimum atomic E-state index is -0.413. The van der Waals surface area contributed by atoms with E-state index in [9.17, 15) is 4.79 Å². The number of hydrogen-bond donors (Lipinski definition) is 1. The molecule has 1 N–H and O–H groups in total. The minimum Gasteiger partial charge on any atom is -0.463 e. The van der Waals surface area contributed by atoms with Gasteiger partial charge in [-0.2, -0.15) is 0 Å². The quantitative estimate of drug-likeness (QED) is 0.461. The van der Waals surface area contributed by atoms with Gasteiger partial charge in [-0.1, -0.05) is 51.9 Å². The number of carbonyl (C=O) groups excluding carboxylic acids is 1. The summed E-state index contributed by atoms with van der Waals surface area (Å²) in [6.45, 7) is 3.87. The van der Waals surface area contributed by atoms with Crippen LogP contribution in [0.25, 0.3) is 0 Å². The predicted octanol–water partition coefficient (Wildman–Crippen LogP) is 4.30. The smallest absolute Gasteiger partial charge is 0.374 e. The molecule has 1 aromatic heterocycles. The monoisotopic (exact) mass is 295 g/mol. The van der Waals surface area contributed by atoms with Crippen molar-refractivity contribution in [2.45, 2.75) is 64.8 Å². The Kier molecular flexibility index (Phi) is 9.62. The number of nitrogens with one attached hydrogen (secondary N) is 1. The summed E-state index contributed by atoms with van der Waals surface area (Å²) in [4.78, 5) is 11.4. The normalized spacial score (nSPS) is 10.8. The van der Waals surface area contributed by atoms with Crippen LogP contribution in [0.2, 0.25) is 0 Å². The fraction of sp³-hybridized carbons (Fsp3) is 0.706. The van der Waals surface area contributed by atoms with Gasteiger partial charge in [0.15, 0.2) is 0 Å². The van der Waals surface area contributed by atoms with Crippen molar-refractivity contribution in [3.05, 3.63) is 23.7 Å². The first-order valence-corrected chi connectivity index (χ1v) is 8.15. The molecule has 120 valence electrons. The fourth-order valence-electron chi connectivity index (χ4n) is 2.35. The van der Waals surface area contributed by atoms with Crippen molar-refractivity contribution in [1.29, 1.82) is 0 Å². The summed E-state index contributed by atoms with van der Waals surface area (Å²) in [6, 6.07) is 1.81. The molecule has 1 rings (SSSR count). The van der Waals surface area contributed by atoms with Crippen LogP contribution in [0, 0.1) is 0 Å². The van der Waals surface area contributed by atoms with Crippen molar-refractivity contribution in [2.24, 2.45) is 0 Å². The minimum absolute atomic E-state index is 0.306. The highest BCUT2D eigenvalue weighted by Crippen LogP contribution is 2.12. The molecule has 4 nitrogen and oxygen atoms in total. The first-order valence-electron chi connectivity index (χ1n) is 8.15. The SMILES string of the molecule is CCCCCCCCCCNCc1ccoc1C(=O)OC. The number of carbonyl (C=O) groups is 1. The average Bonchev–Trinajstić information content (AvgIpc) is 2.97. The molecule has 0 aliphatic carbocycles. The molecule has 0 spiro atoms. The van der Waals surface area contributed by atoms with Crippen LogP contribution in [0.3, 0.4) is 0 Å². The highest BCUT2D eigenvalue weighted by molar-refractivity contribution is 5.87. The highest BCUT2D eigenvalue weighted by atomic mass is 16.5. The van der Waals surface area contributed by atoms with Gasteiger partial charge in [-0.05, 0) is 19.0 Å². The number of furan rings is 1. The Hall–Kier alpha value is -1.29. The van der Waals surface area contributed by atoms with E-state index >= 15 is 0 Å². The molecule has 0 saturated heterocycles. The van der Waals surface area contributed by atoms with Gasteiger partial charge in [-0.3, -0.25) is 0 Å². The van der Waals surface area contributed by atoms with Gasteiger partial charge in [0.2, 0.25) is 5.76 Å². The number of rotatable bonds is 12. The Labute approximate surface area is 128 Å². The second kappa shape index (κ2) is 11.4. The molecule has 0 aliphatic heterocycles. The van der Waals surface area contributed by atoms with E-state index in [0.717, 1.165) is 12.1 Å². The van der Waals surface area contributed by atoms with Crippen LogP contribution in [-0.2, 0) is 11.3 Å². The molecule has 0 radical (unpaired) electrons. The van der Waals surface area contributed by atoms with Gasteiger partial charge in [-0.15, -0.1) is 0 Å². The number of hydrogen-bond acceptors (Lipinski definition) is 4. The number of ether oxygens (including phenoxy) is 1. The molecule has 0 unspecified atom stereocenters. The second-order valence-corrected chi connectivity index (χ2v) is 5.42. The summed E-state index contributed by atoms with van der Waals surface area (Å²) >= 11 is 0. The molecule has 1 heterocycles. The zero-order chi connectivity index (χ0) is 15.3. The Morgan fingerprint density at radius 3 is 2.48 bits per heavy atom. The third kappa shape index (κ3) is 7.32. The molecule has 0 atom stereocenters. The molecule has 0 aromatic carbocycles. The molecular formula is C17H29NO3. The van der Waals surface area contributed by atoms with E-state index in [1.807, 2.05) is 6.07 Å². The van der Waals surface area contributed by atoms with E-state index in [2.05, 4.69) is 17.0 Å². The first-order chi connectivity index (χ1) is 10.3. The second-order valence-electron chi connectivity index (χ2n) is 5.42. The molecule has 21 heavy (non-hydrogen) atoms. The molecule has 1 aromatic rings. The van der Waals surface area contributed by atoms with E-state index in [1.165, 1.54) is 64.7 Å². The maximum Gasteiger partial charge on any atom is 0.374 e. The van der Waals surface area contributed by atoms with Crippen molar-refractivity contribution in [3.8, 4) is 0 Å². The van der Waals surface area contributed by atoms with Crippen LogP contribution >= 0.6 is 0 Å². The lowest BCUT2D eigenvalue weighted by molar-refractivity contribution is 0.0563. The molecular weight excluding hydrogens is 266 g/mol. The molecule has 0 aliphatic rings. The molecule has 0 amide bonds. The zero-order valence-corrected chi connectivity index (χ0v) is 13.5. The topological polar surface area (TPSA) is 51.5 Å². The van der Waals surface area contributed by atoms with Gasteiger partial charge in [0.05, 0.1) is 13.4 Å². The molecule has 0 fully saturated rings. The lowest BCUT2D eigenvalue weighted by Gasteiger charge is -2.05. The number of methoxy groups -OCH3 is 1. The van der Waals surface area contributed by atoms with Gasteiger partial charge in [-0.25, -0.2) is 4.79 Å². The molecule has 0 bridgehead atoms. The van der Waals surface area contributed by atoms with Crippen molar-refractivity contribution in [2.75, 3.05) is 13.7 Å². The Bertz CT molecular complexity index is 387. The lowest BCUT2D eigenvalue weighted by atomic mass is 10.1. The highest BCUT2D eigenvalue weighted by Gasteiger charge is 2.14. The summed E-state index contributed by atoms with van der Waals surface area (Å²) in [5.74, 6) is -0.107. The third-order valence-corrected chi connectivity index (χ3v) is 3.64. The summed E-state index contributed by atoms with van der Waals surface area (Å²) in [5, 5.41) is 3.35. The molecule has 0 saturated carbocycles. The van der Waals surface area contributed by atoms with Gasteiger partial charge in [0, 0.05) is 12.1 Å². The Morgan fingerprint density at radius 2 is 1.81 bits per heavy atom. The van der Waals surface area contributed by atoms with Gasteiger partial charge < -0.3 is 14.5 Å². The van der Waals surface area contributed by atoms with Crippen LogP contribution in [0.1, 0.15) is 74.4 Å². The molecule has 4 heteroatoms. The maximum absolute atomic E-state index is 11.4. The summed E-state index contributed by atoms with van der Waals surface area (Å²) in [5.41, 5.74) is 0.862. The van der Waals surface area contributed by atoms with E-state index in [4.69, 9.17) is 4.42 Å². The van der Waals surface area contributed by atoms with Crippen molar-refractivity contribution >= 4 is 5.97 Å². The van der Waals surface area contributed by atoms with E-state index in [0.29, 0.717) is 12.3 Å². The van der Waals surface area contributed by atoms with Crippen LogP contribution in [0.4, 0.5) is 0 Å². The summed E-state index contributed by atoms with van der Waals surface area (Å²) in [7, 11) is 1.36.